The van der Waals surface area contributed by atoms with E-state index in [0.717, 1.165) is 44.7 Å². The van der Waals surface area contributed by atoms with Crippen LogP contribution in [0.4, 0.5) is 0 Å². The van der Waals surface area contributed by atoms with Gasteiger partial charge >= 0.3 is 0 Å². The quantitative estimate of drug-likeness (QED) is 0.908. The highest BCUT2D eigenvalue weighted by atomic mass is 16.3. The fourth-order valence-corrected chi connectivity index (χ4v) is 3.22. The lowest BCUT2D eigenvalue weighted by Gasteiger charge is -2.23. The van der Waals surface area contributed by atoms with Gasteiger partial charge in [-0.3, -0.25) is 9.78 Å². The Bertz CT molecular complexity index is 663. The summed E-state index contributed by atoms with van der Waals surface area (Å²) in [6, 6.07) is 13.3. The van der Waals surface area contributed by atoms with Crippen LogP contribution in [0.5, 0.6) is 0 Å². The first-order valence-corrected chi connectivity index (χ1v) is 8.89. The zero-order valence-corrected chi connectivity index (χ0v) is 14.4. The number of benzene rings is 1. The summed E-state index contributed by atoms with van der Waals surface area (Å²) >= 11 is 0. The number of hydrogen-bond acceptors (Lipinski definition) is 4. The molecule has 0 saturated carbocycles. The maximum Gasteiger partial charge on any atom is 0.254 e. The third kappa shape index (κ3) is 4.87. The third-order valence-corrected chi connectivity index (χ3v) is 4.71. The third-order valence-electron chi connectivity index (χ3n) is 4.71. The number of pyridine rings is 1. The molecule has 1 N–H and O–H groups in total. The first-order chi connectivity index (χ1) is 12.2. The summed E-state index contributed by atoms with van der Waals surface area (Å²) in [5, 5.41) is 10.3. The molecule has 1 aromatic carbocycles. The second-order valence-corrected chi connectivity index (χ2v) is 6.44. The Labute approximate surface area is 148 Å². The molecule has 0 aliphatic carbocycles. The van der Waals surface area contributed by atoms with Gasteiger partial charge in [-0.25, -0.2) is 0 Å². The van der Waals surface area contributed by atoms with Gasteiger partial charge in [0.25, 0.3) is 5.91 Å². The van der Waals surface area contributed by atoms with Crippen LogP contribution in [0.15, 0.2) is 54.9 Å². The SMILES string of the molecule is O=C(c1ccncc1)N1CCCN(CC[C@@H](O)c2ccccc2)CC1. The number of aliphatic hydroxyl groups excluding tert-OH is 1. The zero-order valence-electron chi connectivity index (χ0n) is 14.4. The number of aromatic nitrogens is 1. The fraction of sp³-hybridized carbons (Fsp3) is 0.400. The summed E-state index contributed by atoms with van der Waals surface area (Å²) in [5.74, 6) is 0.0774. The van der Waals surface area contributed by atoms with Crippen LogP contribution in [0, 0.1) is 0 Å². The molecule has 0 spiro atoms. The molecule has 2 aromatic rings. The monoisotopic (exact) mass is 339 g/mol. The molecule has 1 amide bonds. The summed E-state index contributed by atoms with van der Waals surface area (Å²) in [6.07, 6.45) is 4.55. The molecule has 0 bridgehead atoms. The minimum absolute atomic E-state index is 0.0774. The summed E-state index contributed by atoms with van der Waals surface area (Å²) in [5.41, 5.74) is 1.66. The number of carbonyl (C=O) groups excluding carboxylic acids is 1. The Morgan fingerprint density at radius 3 is 2.56 bits per heavy atom. The number of hydrogen-bond donors (Lipinski definition) is 1. The highest BCUT2D eigenvalue weighted by Crippen LogP contribution is 2.17. The van der Waals surface area contributed by atoms with Crippen LogP contribution in [0.2, 0.25) is 0 Å². The Balaban J connectivity index is 1.49. The number of nitrogens with zero attached hydrogens (tertiary/aromatic N) is 3. The van der Waals surface area contributed by atoms with Gasteiger partial charge < -0.3 is 14.9 Å². The van der Waals surface area contributed by atoms with Gasteiger partial charge in [-0.2, -0.15) is 0 Å². The molecule has 0 radical (unpaired) electrons. The van der Waals surface area contributed by atoms with E-state index in [1.54, 1.807) is 24.5 Å². The fourth-order valence-electron chi connectivity index (χ4n) is 3.22. The van der Waals surface area contributed by atoms with Gasteiger partial charge in [0, 0.05) is 44.1 Å². The number of carbonyl (C=O) groups is 1. The second kappa shape index (κ2) is 8.74. The molecule has 5 heteroatoms. The van der Waals surface area contributed by atoms with Gasteiger partial charge in [-0.15, -0.1) is 0 Å². The van der Waals surface area contributed by atoms with E-state index in [4.69, 9.17) is 0 Å². The van der Waals surface area contributed by atoms with E-state index < -0.39 is 6.10 Å². The zero-order chi connectivity index (χ0) is 17.5. The largest absolute Gasteiger partial charge is 0.388 e. The van der Waals surface area contributed by atoms with Gasteiger partial charge in [-0.05, 0) is 37.1 Å². The predicted molar refractivity (Wildman–Crippen MR) is 97.2 cm³/mol. The predicted octanol–water partition coefficient (Wildman–Crippen LogP) is 2.35. The number of amides is 1. The van der Waals surface area contributed by atoms with Crippen molar-refractivity contribution in [3.63, 3.8) is 0 Å². The van der Waals surface area contributed by atoms with Crippen molar-refractivity contribution in [3.8, 4) is 0 Å². The summed E-state index contributed by atoms with van der Waals surface area (Å²) in [7, 11) is 0. The van der Waals surface area contributed by atoms with Crippen molar-refractivity contribution in [2.45, 2.75) is 18.9 Å². The molecule has 1 aliphatic rings. The van der Waals surface area contributed by atoms with Crippen LogP contribution in [0.1, 0.15) is 34.9 Å². The molecule has 2 heterocycles. The molecule has 5 nitrogen and oxygen atoms in total. The van der Waals surface area contributed by atoms with Crippen molar-refractivity contribution in [3.05, 3.63) is 66.0 Å². The van der Waals surface area contributed by atoms with Gasteiger partial charge in [0.2, 0.25) is 0 Å². The normalized spacial score (nSPS) is 17.1. The Kier molecular flexibility index (Phi) is 6.14. The molecular weight excluding hydrogens is 314 g/mol. The summed E-state index contributed by atoms with van der Waals surface area (Å²) < 4.78 is 0. The van der Waals surface area contributed by atoms with Crippen molar-refractivity contribution >= 4 is 5.91 Å². The van der Waals surface area contributed by atoms with Crippen molar-refractivity contribution in [2.75, 3.05) is 32.7 Å². The standard InChI is InChI=1S/C20H25N3O2/c24-19(17-5-2-1-3-6-17)9-14-22-12-4-13-23(16-15-22)20(25)18-7-10-21-11-8-18/h1-3,5-8,10-11,19,24H,4,9,12-16H2/t19-/m1/s1. The first-order valence-electron chi connectivity index (χ1n) is 8.89. The molecular formula is C20H25N3O2. The number of aliphatic hydroxyl groups is 1. The highest BCUT2D eigenvalue weighted by Gasteiger charge is 2.20. The Morgan fingerprint density at radius 1 is 1.04 bits per heavy atom. The lowest BCUT2D eigenvalue weighted by Crippen LogP contribution is -2.35. The molecule has 1 aromatic heterocycles. The van der Waals surface area contributed by atoms with Crippen molar-refractivity contribution in [2.24, 2.45) is 0 Å². The molecule has 1 saturated heterocycles. The topological polar surface area (TPSA) is 56.7 Å². The van der Waals surface area contributed by atoms with E-state index in [0.29, 0.717) is 12.0 Å². The molecule has 1 atom stereocenters. The maximum atomic E-state index is 12.5. The highest BCUT2D eigenvalue weighted by molar-refractivity contribution is 5.94. The van der Waals surface area contributed by atoms with Crippen LogP contribution < -0.4 is 0 Å². The molecule has 25 heavy (non-hydrogen) atoms. The van der Waals surface area contributed by atoms with E-state index >= 15 is 0 Å². The van der Waals surface area contributed by atoms with Gasteiger partial charge in [0.15, 0.2) is 0 Å². The summed E-state index contributed by atoms with van der Waals surface area (Å²) in [4.78, 5) is 20.8. The maximum absolute atomic E-state index is 12.5. The van der Waals surface area contributed by atoms with E-state index in [-0.39, 0.29) is 5.91 Å². The van der Waals surface area contributed by atoms with E-state index in [2.05, 4.69) is 9.88 Å². The van der Waals surface area contributed by atoms with Crippen LogP contribution in [-0.4, -0.2) is 58.5 Å². The molecule has 3 rings (SSSR count). The molecule has 1 fully saturated rings. The van der Waals surface area contributed by atoms with Crippen molar-refractivity contribution < 1.29 is 9.90 Å². The van der Waals surface area contributed by atoms with Gasteiger partial charge in [-0.1, -0.05) is 30.3 Å². The molecule has 1 aliphatic heterocycles. The summed E-state index contributed by atoms with van der Waals surface area (Å²) in [6.45, 7) is 4.15. The van der Waals surface area contributed by atoms with E-state index in [9.17, 15) is 9.90 Å². The Hall–Kier alpha value is -2.24. The van der Waals surface area contributed by atoms with Crippen LogP contribution in [0.3, 0.4) is 0 Å². The smallest absolute Gasteiger partial charge is 0.254 e. The van der Waals surface area contributed by atoms with Crippen LogP contribution >= 0.6 is 0 Å². The first kappa shape index (κ1) is 17.6. The van der Waals surface area contributed by atoms with E-state index in [1.165, 1.54) is 0 Å². The minimum Gasteiger partial charge on any atom is -0.388 e. The van der Waals surface area contributed by atoms with Crippen LogP contribution in [-0.2, 0) is 0 Å². The van der Waals surface area contributed by atoms with Gasteiger partial charge in [0.1, 0.15) is 0 Å². The lowest BCUT2D eigenvalue weighted by molar-refractivity contribution is 0.0759. The lowest BCUT2D eigenvalue weighted by atomic mass is 10.1. The van der Waals surface area contributed by atoms with E-state index in [1.807, 2.05) is 35.2 Å². The molecule has 0 unspecified atom stereocenters. The van der Waals surface area contributed by atoms with Gasteiger partial charge in [0.05, 0.1) is 6.10 Å². The number of rotatable bonds is 5. The molecule has 132 valence electrons. The second-order valence-electron chi connectivity index (χ2n) is 6.44. The van der Waals surface area contributed by atoms with Crippen molar-refractivity contribution in [1.29, 1.82) is 0 Å². The average molecular weight is 339 g/mol. The van der Waals surface area contributed by atoms with Crippen LogP contribution in [0.25, 0.3) is 0 Å². The Morgan fingerprint density at radius 2 is 1.80 bits per heavy atom. The minimum atomic E-state index is -0.431. The average Bonchev–Trinajstić information content (AvgIpc) is 2.92. The van der Waals surface area contributed by atoms with Crippen molar-refractivity contribution in [1.82, 2.24) is 14.8 Å².